The third-order valence-corrected chi connectivity index (χ3v) is 5.11. The molecular formula is C22H28ClN5O2. The second-order valence-electron chi connectivity index (χ2n) is 7.23. The Morgan fingerprint density at radius 2 is 1.50 bits per heavy atom. The van der Waals surface area contributed by atoms with E-state index in [1.165, 1.54) is 0 Å². The van der Waals surface area contributed by atoms with Crippen molar-refractivity contribution in [3.8, 4) is 11.1 Å². The maximum absolute atomic E-state index is 12.5. The normalized spacial score (nSPS) is 12.7. The third-order valence-electron chi connectivity index (χ3n) is 4.86. The highest BCUT2D eigenvalue weighted by molar-refractivity contribution is 6.30. The summed E-state index contributed by atoms with van der Waals surface area (Å²) in [5.41, 5.74) is 25.1. The van der Waals surface area contributed by atoms with Gasteiger partial charge in [0.25, 0.3) is 0 Å². The molecule has 30 heavy (non-hydrogen) atoms. The Hall–Kier alpha value is -2.90. The number of Topliss-reactive ketones (excluding diaryl/α,β-unsaturated/α-hetero) is 1. The van der Waals surface area contributed by atoms with Crippen LogP contribution in [0.15, 0.2) is 53.5 Å². The van der Waals surface area contributed by atoms with Crippen LogP contribution in [0.1, 0.15) is 24.8 Å². The fourth-order valence-corrected chi connectivity index (χ4v) is 3.25. The minimum absolute atomic E-state index is 0.00851. The van der Waals surface area contributed by atoms with E-state index in [4.69, 9.17) is 34.5 Å². The molecule has 0 saturated heterocycles. The molecule has 2 aromatic rings. The number of guanidine groups is 1. The number of carbonyl (C=O) groups is 2. The van der Waals surface area contributed by atoms with E-state index < -0.39 is 17.9 Å². The first-order valence-corrected chi connectivity index (χ1v) is 10.1. The zero-order valence-electron chi connectivity index (χ0n) is 16.8. The highest BCUT2D eigenvalue weighted by Crippen LogP contribution is 2.22. The number of rotatable bonds is 11. The van der Waals surface area contributed by atoms with Gasteiger partial charge < -0.3 is 22.9 Å². The smallest absolute Gasteiger partial charge is 0.220 e. The van der Waals surface area contributed by atoms with Crippen molar-refractivity contribution in [2.45, 2.75) is 31.7 Å². The first-order chi connectivity index (χ1) is 14.3. The summed E-state index contributed by atoms with van der Waals surface area (Å²) in [4.78, 5) is 28.0. The number of nitrogens with two attached hydrogens (primary N) is 4. The van der Waals surface area contributed by atoms with Crippen LogP contribution < -0.4 is 22.9 Å². The Morgan fingerprint density at radius 3 is 2.03 bits per heavy atom. The van der Waals surface area contributed by atoms with Gasteiger partial charge in [0.05, 0.1) is 6.04 Å². The number of ketones is 1. The van der Waals surface area contributed by atoms with Crippen LogP contribution >= 0.6 is 11.6 Å². The Morgan fingerprint density at radius 1 is 0.933 bits per heavy atom. The zero-order chi connectivity index (χ0) is 22.1. The van der Waals surface area contributed by atoms with Crippen molar-refractivity contribution >= 4 is 29.3 Å². The van der Waals surface area contributed by atoms with Gasteiger partial charge in [0.15, 0.2) is 11.7 Å². The number of primary amides is 1. The highest BCUT2D eigenvalue weighted by Gasteiger charge is 2.23. The van der Waals surface area contributed by atoms with Crippen LogP contribution in [0, 0.1) is 5.92 Å². The van der Waals surface area contributed by atoms with Gasteiger partial charge in [-0.25, -0.2) is 0 Å². The van der Waals surface area contributed by atoms with Gasteiger partial charge >= 0.3 is 0 Å². The third kappa shape index (κ3) is 7.50. The van der Waals surface area contributed by atoms with E-state index in [2.05, 4.69) is 4.99 Å². The number of carbonyl (C=O) groups excluding carboxylic acids is 2. The van der Waals surface area contributed by atoms with Crippen LogP contribution in [0.25, 0.3) is 11.1 Å². The molecule has 7 nitrogen and oxygen atoms in total. The van der Waals surface area contributed by atoms with Gasteiger partial charge in [0.1, 0.15) is 0 Å². The number of hydrogen-bond acceptors (Lipinski definition) is 4. The molecule has 0 radical (unpaired) electrons. The molecule has 0 heterocycles. The minimum atomic E-state index is -0.703. The highest BCUT2D eigenvalue weighted by atomic mass is 35.5. The number of benzene rings is 2. The average molecular weight is 430 g/mol. The van der Waals surface area contributed by atoms with Gasteiger partial charge in [0.2, 0.25) is 5.91 Å². The summed E-state index contributed by atoms with van der Waals surface area (Å²) in [6, 6.07) is 14.7. The minimum Gasteiger partial charge on any atom is -0.370 e. The predicted octanol–water partition coefficient (Wildman–Crippen LogP) is 1.99. The topological polar surface area (TPSA) is 151 Å². The lowest BCUT2D eigenvalue weighted by atomic mass is 9.91. The molecule has 2 aromatic carbocycles. The van der Waals surface area contributed by atoms with Crippen LogP contribution in [0.3, 0.4) is 0 Å². The molecule has 1 amide bonds. The van der Waals surface area contributed by atoms with Crippen LogP contribution in [0.2, 0.25) is 5.02 Å². The van der Waals surface area contributed by atoms with Crippen LogP contribution in [-0.4, -0.2) is 30.2 Å². The lowest BCUT2D eigenvalue weighted by Crippen LogP contribution is -2.36. The van der Waals surface area contributed by atoms with E-state index in [-0.39, 0.29) is 18.2 Å². The molecule has 160 valence electrons. The van der Waals surface area contributed by atoms with Crippen molar-refractivity contribution < 1.29 is 9.59 Å². The maximum Gasteiger partial charge on any atom is 0.220 e. The molecule has 2 atom stereocenters. The van der Waals surface area contributed by atoms with E-state index in [1.54, 1.807) is 0 Å². The summed E-state index contributed by atoms with van der Waals surface area (Å²) in [6.07, 6.45) is 1.39. The quantitative estimate of drug-likeness (QED) is 0.244. The summed E-state index contributed by atoms with van der Waals surface area (Å²) >= 11 is 5.92. The molecule has 0 bridgehead atoms. The molecule has 8 heteroatoms. The van der Waals surface area contributed by atoms with Gasteiger partial charge in [-0.05, 0) is 48.1 Å². The molecule has 0 aliphatic carbocycles. The Kier molecular flexibility index (Phi) is 8.83. The van der Waals surface area contributed by atoms with E-state index in [1.807, 2.05) is 48.5 Å². The van der Waals surface area contributed by atoms with E-state index in [0.29, 0.717) is 30.8 Å². The van der Waals surface area contributed by atoms with E-state index in [9.17, 15) is 9.59 Å². The van der Waals surface area contributed by atoms with Crippen molar-refractivity contribution in [2.24, 2.45) is 33.8 Å². The molecular weight excluding hydrogens is 402 g/mol. The van der Waals surface area contributed by atoms with Gasteiger partial charge in [-0.3, -0.25) is 14.6 Å². The number of amides is 1. The fourth-order valence-electron chi connectivity index (χ4n) is 3.13. The second kappa shape index (κ2) is 11.3. The number of halogens is 1. The van der Waals surface area contributed by atoms with Crippen LogP contribution in [0.5, 0.6) is 0 Å². The van der Waals surface area contributed by atoms with Gasteiger partial charge in [-0.2, -0.15) is 0 Å². The van der Waals surface area contributed by atoms with Crippen molar-refractivity contribution in [2.75, 3.05) is 6.54 Å². The van der Waals surface area contributed by atoms with Gasteiger partial charge in [-0.1, -0.05) is 48.0 Å². The van der Waals surface area contributed by atoms with E-state index >= 15 is 0 Å². The van der Waals surface area contributed by atoms with Crippen molar-refractivity contribution in [3.63, 3.8) is 0 Å². The molecule has 0 saturated carbocycles. The molecule has 0 unspecified atom stereocenters. The zero-order valence-corrected chi connectivity index (χ0v) is 17.5. The first kappa shape index (κ1) is 23.4. The summed E-state index contributed by atoms with van der Waals surface area (Å²) in [5, 5.41) is 0.686. The maximum atomic E-state index is 12.5. The number of nitrogens with zero attached hydrogens (tertiary/aromatic N) is 1. The molecule has 0 aliphatic heterocycles. The van der Waals surface area contributed by atoms with Crippen molar-refractivity contribution in [1.82, 2.24) is 0 Å². The molecule has 0 aliphatic rings. The molecule has 0 aromatic heterocycles. The Bertz CT molecular complexity index is 877. The Labute approximate surface area is 181 Å². The van der Waals surface area contributed by atoms with Crippen LogP contribution in [-0.2, 0) is 16.0 Å². The fraction of sp³-hybridized carbons (Fsp3) is 0.318. The molecule has 0 spiro atoms. The largest absolute Gasteiger partial charge is 0.370 e. The molecule has 2 rings (SSSR count). The molecule has 0 fully saturated rings. The number of hydrogen-bond donors (Lipinski definition) is 4. The first-order valence-electron chi connectivity index (χ1n) is 9.74. The van der Waals surface area contributed by atoms with Crippen molar-refractivity contribution in [1.29, 1.82) is 0 Å². The average Bonchev–Trinajstić information content (AvgIpc) is 2.71. The standard InChI is InChI=1S/C22H28ClN5O2/c23-18-9-7-16(8-10-18)15-5-3-14(4-6-15)12-19(24)20(29)13-17(21(25)30)2-1-11-28-22(26)27/h3-10,17,19H,1-2,11-13,24H2,(H2,25,30)(H4,26,27,28)/t17-,19+/m0/s1. The summed E-state index contributed by atoms with van der Waals surface area (Å²) in [6.45, 7) is 0.381. The molecule has 8 N–H and O–H groups in total. The number of aliphatic imine (C=N–C) groups is 1. The van der Waals surface area contributed by atoms with Crippen molar-refractivity contribution in [3.05, 3.63) is 59.1 Å². The van der Waals surface area contributed by atoms with Gasteiger partial charge in [0, 0.05) is 23.9 Å². The van der Waals surface area contributed by atoms with Gasteiger partial charge in [-0.15, -0.1) is 0 Å². The lowest BCUT2D eigenvalue weighted by molar-refractivity contribution is -0.128. The summed E-state index contributed by atoms with van der Waals surface area (Å²) in [7, 11) is 0. The predicted molar refractivity (Wildman–Crippen MR) is 121 cm³/mol. The van der Waals surface area contributed by atoms with E-state index in [0.717, 1.165) is 16.7 Å². The summed E-state index contributed by atoms with van der Waals surface area (Å²) < 4.78 is 0. The SMILES string of the molecule is NC(=O)[C@@H](CCCN=C(N)N)CC(=O)[C@H](N)Cc1ccc(-c2ccc(Cl)cc2)cc1. The van der Waals surface area contributed by atoms with Crippen LogP contribution in [0.4, 0.5) is 0 Å². The lowest BCUT2D eigenvalue weighted by Gasteiger charge is -2.16. The summed E-state index contributed by atoms with van der Waals surface area (Å²) in [5.74, 6) is -1.30. The monoisotopic (exact) mass is 429 g/mol. The second-order valence-corrected chi connectivity index (χ2v) is 7.67. The Balaban J connectivity index is 1.91.